The van der Waals surface area contributed by atoms with Gasteiger partial charge in [0.1, 0.15) is 33.8 Å². The predicted molar refractivity (Wildman–Crippen MR) is 82.4 cm³/mol. The lowest BCUT2D eigenvalue weighted by Crippen LogP contribution is -2.20. The Kier molecular flexibility index (Phi) is 6.33. The molecule has 0 spiro atoms. The van der Waals surface area contributed by atoms with Crippen molar-refractivity contribution < 1.29 is 27.4 Å². The van der Waals surface area contributed by atoms with Crippen LogP contribution < -0.4 is 4.74 Å². The second-order valence-electron chi connectivity index (χ2n) is 4.95. The summed E-state index contributed by atoms with van der Waals surface area (Å²) in [6.07, 6.45) is 0.0263. The van der Waals surface area contributed by atoms with Crippen molar-refractivity contribution in [3.05, 3.63) is 53.9 Å². The molecule has 0 fully saturated rings. The van der Waals surface area contributed by atoms with Gasteiger partial charge in [0.15, 0.2) is 0 Å². The van der Waals surface area contributed by atoms with E-state index in [1.165, 1.54) is 30.5 Å². The van der Waals surface area contributed by atoms with E-state index in [4.69, 9.17) is 4.74 Å². The zero-order chi connectivity index (χ0) is 17.5. The number of aromatic nitrogens is 2. The van der Waals surface area contributed by atoms with Crippen molar-refractivity contribution in [2.45, 2.75) is 24.7 Å². The second-order valence-corrected chi connectivity index (χ2v) is 5.93. The number of thiol groups is 1. The minimum Gasteiger partial charge on any atom is -0.426 e. The maximum absolute atomic E-state index is 13.0. The fraction of sp³-hybridized carbons (Fsp3) is 0.267. The lowest BCUT2D eigenvalue weighted by Gasteiger charge is -2.10. The standard InChI is InChI=1S/C15H15FN2O5S/c16-10-2-1-3-13(6-10)23-15(20)8-12(19)7-11-4-5-17-14(18-11)9-24(21)22/h1-6,12,19,24H,7-9H2. The number of hydrogen-bond donors (Lipinski definition) is 2. The van der Waals surface area contributed by atoms with Gasteiger partial charge >= 0.3 is 5.97 Å². The first-order valence-corrected chi connectivity index (χ1v) is 8.35. The van der Waals surface area contributed by atoms with E-state index < -0.39 is 28.6 Å². The van der Waals surface area contributed by atoms with Gasteiger partial charge in [0, 0.05) is 24.4 Å². The molecule has 2 rings (SSSR count). The van der Waals surface area contributed by atoms with E-state index in [0.717, 1.165) is 6.07 Å². The Morgan fingerprint density at radius 3 is 2.83 bits per heavy atom. The van der Waals surface area contributed by atoms with Gasteiger partial charge in [-0.2, -0.15) is 0 Å². The van der Waals surface area contributed by atoms with Crippen LogP contribution in [0, 0.1) is 5.82 Å². The van der Waals surface area contributed by atoms with Crippen molar-refractivity contribution in [3.63, 3.8) is 0 Å². The highest BCUT2D eigenvalue weighted by atomic mass is 32.2. The molecule has 0 aliphatic rings. The molecule has 1 heterocycles. The summed E-state index contributed by atoms with van der Waals surface area (Å²) in [5.41, 5.74) is 0.405. The first kappa shape index (κ1) is 18.0. The number of ether oxygens (including phenoxy) is 1. The van der Waals surface area contributed by atoms with E-state index in [1.807, 2.05) is 0 Å². The molecule has 128 valence electrons. The van der Waals surface area contributed by atoms with Crippen molar-refractivity contribution in [1.82, 2.24) is 9.97 Å². The summed E-state index contributed by atoms with van der Waals surface area (Å²) in [5.74, 6) is -1.37. The highest BCUT2D eigenvalue weighted by Gasteiger charge is 2.15. The number of halogens is 1. The molecule has 0 radical (unpaired) electrons. The predicted octanol–water partition coefficient (Wildman–Crippen LogP) is 0.626. The van der Waals surface area contributed by atoms with Gasteiger partial charge in [0.25, 0.3) is 0 Å². The third-order valence-electron chi connectivity index (χ3n) is 2.91. The first-order valence-electron chi connectivity index (χ1n) is 6.99. The third-order valence-corrected chi connectivity index (χ3v) is 3.45. The van der Waals surface area contributed by atoms with Crippen LogP contribution in [0.4, 0.5) is 4.39 Å². The van der Waals surface area contributed by atoms with E-state index in [9.17, 15) is 22.7 Å². The minimum absolute atomic E-state index is 0.0312. The number of aliphatic hydroxyl groups is 1. The molecule has 9 heteroatoms. The SMILES string of the molecule is O=C(CC(O)Cc1ccnc(C[SH](=O)=O)n1)Oc1cccc(F)c1. The van der Waals surface area contributed by atoms with Crippen LogP contribution in [0.3, 0.4) is 0 Å². The molecule has 1 aromatic carbocycles. The summed E-state index contributed by atoms with van der Waals surface area (Å²) in [6, 6.07) is 6.62. The second kappa shape index (κ2) is 8.46. The number of carbonyl (C=O) groups is 1. The molecule has 0 saturated heterocycles. The fourth-order valence-electron chi connectivity index (χ4n) is 1.96. The molecule has 0 saturated carbocycles. The Bertz CT molecular complexity index is 789. The van der Waals surface area contributed by atoms with E-state index in [1.54, 1.807) is 0 Å². The summed E-state index contributed by atoms with van der Waals surface area (Å²) in [4.78, 5) is 19.5. The summed E-state index contributed by atoms with van der Waals surface area (Å²) in [7, 11) is -2.65. The van der Waals surface area contributed by atoms with Gasteiger partial charge < -0.3 is 9.84 Å². The van der Waals surface area contributed by atoms with Crippen LogP contribution in [0.15, 0.2) is 36.5 Å². The maximum Gasteiger partial charge on any atom is 0.313 e. The van der Waals surface area contributed by atoms with Crippen molar-refractivity contribution in [2.24, 2.45) is 0 Å². The fourth-order valence-corrected chi connectivity index (χ4v) is 2.34. The zero-order valence-electron chi connectivity index (χ0n) is 12.5. The summed E-state index contributed by atoms with van der Waals surface area (Å²) in [5, 5.41) is 9.92. The average molecular weight is 354 g/mol. The number of nitrogens with zero attached hydrogens (tertiary/aromatic N) is 2. The Labute approximate surface area is 139 Å². The highest BCUT2D eigenvalue weighted by Crippen LogP contribution is 2.13. The lowest BCUT2D eigenvalue weighted by molar-refractivity contribution is -0.136. The summed E-state index contributed by atoms with van der Waals surface area (Å²) >= 11 is 0. The van der Waals surface area contributed by atoms with Crippen LogP contribution in [-0.2, 0) is 27.7 Å². The van der Waals surface area contributed by atoms with Crippen molar-refractivity contribution in [3.8, 4) is 5.75 Å². The van der Waals surface area contributed by atoms with E-state index >= 15 is 0 Å². The lowest BCUT2D eigenvalue weighted by atomic mass is 10.1. The van der Waals surface area contributed by atoms with Crippen LogP contribution in [-0.4, -0.2) is 35.6 Å². The smallest absolute Gasteiger partial charge is 0.313 e. The molecule has 7 nitrogen and oxygen atoms in total. The molecular formula is C15H15FN2O5S. The Morgan fingerprint density at radius 2 is 2.12 bits per heavy atom. The van der Waals surface area contributed by atoms with Gasteiger partial charge in [0.05, 0.1) is 12.5 Å². The molecule has 0 aliphatic heterocycles. The molecule has 0 amide bonds. The van der Waals surface area contributed by atoms with Gasteiger partial charge in [-0.15, -0.1) is 0 Å². The van der Waals surface area contributed by atoms with Crippen molar-refractivity contribution >= 4 is 16.7 Å². The number of benzene rings is 1. The molecule has 1 aromatic heterocycles. The summed E-state index contributed by atoms with van der Waals surface area (Å²) < 4.78 is 39.3. The first-order chi connectivity index (χ1) is 11.4. The van der Waals surface area contributed by atoms with Crippen LogP contribution in [0.1, 0.15) is 17.9 Å². The van der Waals surface area contributed by atoms with E-state index in [-0.39, 0.29) is 30.2 Å². The summed E-state index contributed by atoms with van der Waals surface area (Å²) in [6.45, 7) is 0. The molecule has 24 heavy (non-hydrogen) atoms. The zero-order valence-corrected chi connectivity index (χ0v) is 13.4. The number of esters is 1. The van der Waals surface area contributed by atoms with Crippen LogP contribution in [0.5, 0.6) is 5.75 Å². The molecule has 1 N–H and O–H groups in total. The van der Waals surface area contributed by atoms with Crippen LogP contribution in [0.2, 0.25) is 0 Å². The van der Waals surface area contributed by atoms with Crippen molar-refractivity contribution in [1.29, 1.82) is 0 Å². The molecular weight excluding hydrogens is 339 g/mol. The van der Waals surface area contributed by atoms with Gasteiger partial charge in [-0.25, -0.2) is 22.8 Å². The Balaban J connectivity index is 1.90. The number of carbonyl (C=O) groups excluding carboxylic acids is 1. The highest BCUT2D eigenvalue weighted by molar-refractivity contribution is 7.71. The number of rotatable bonds is 7. The average Bonchev–Trinajstić information content (AvgIpc) is 2.46. The largest absolute Gasteiger partial charge is 0.426 e. The minimum atomic E-state index is -2.65. The third kappa shape index (κ3) is 6.01. The Morgan fingerprint density at radius 1 is 1.33 bits per heavy atom. The van der Waals surface area contributed by atoms with E-state index in [2.05, 4.69) is 9.97 Å². The topological polar surface area (TPSA) is 106 Å². The molecule has 0 bridgehead atoms. The van der Waals surface area contributed by atoms with Crippen LogP contribution in [0.25, 0.3) is 0 Å². The normalized spacial score (nSPS) is 12.1. The number of hydrogen-bond acceptors (Lipinski definition) is 7. The Hall–Kier alpha value is -2.39. The van der Waals surface area contributed by atoms with Gasteiger partial charge in [-0.3, -0.25) is 4.79 Å². The molecule has 1 atom stereocenters. The molecule has 1 unspecified atom stereocenters. The van der Waals surface area contributed by atoms with Crippen molar-refractivity contribution in [2.75, 3.05) is 0 Å². The maximum atomic E-state index is 13.0. The molecule has 2 aromatic rings. The van der Waals surface area contributed by atoms with Crippen LogP contribution >= 0.6 is 0 Å². The van der Waals surface area contributed by atoms with Gasteiger partial charge in [0.2, 0.25) is 0 Å². The quantitative estimate of drug-likeness (QED) is 0.427. The van der Waals surface area contributed by atoms with Gasteiger partial charge in [-0.05, 0) is 18.2 Å². The number of aliphatic hydroxyl groups excluding tert-OH is 1. The molecule has 0 aliphatic carbocycles. The van der Waals surface area contributed by atoms with E-state index in [0.29, 0.717) is 5.69 Å². The van der Waals surface area contributed by atoms with Gasteiger partial charge in [-0.1, -0.05) is 6.07 Å². The monoisotopic (exact) mass is 354 g/mol.